The molecule has 1 aromatic carbocycles. The fraction of sp³-hybridized carbons (Fsp3) is 0.571. The van der Waals surface area contributed by atoms with Gasteiger partial charge in [0.2, 0.25) is 0 Å². The predicted molar refractivity (Wildman–Crippen MR) is 102 cm³/mol. The zero-order valence-corrected chi connectivity index (χ0v) is 15.7. The molecule has 0 aromatic heterocycles. The number of unbranched alkanes of at least 4 members (excludes halogenated alkanes) is 6. The lowest BCUT2D eigenvalue weighted by Crippen LogP contribution is -2.07. The second kappa shape index (κ2) is 13.3. The largest absolute Gasteiger partial charge is 0.493 e. The van der Waals surface area contributed by atoms with E-state index in [9.17, 15) is 4.79 Å². The molecule has 0 amide bonds. The maximum atomic E-state index is 11.9. The van der Waals surface area contributed by atoms with Gasteiger partial charge in [0.05, 0.1) is 20.3 Å². The van der Waals surface area contributed by atoms with Crippen LogP contribution in [0, 0.1) is 0 Å². The number of rotatable bonds is 14. The summed E-state index contributed by atoms with van der Waals surface area (Å²) < 4.78 is 16.4. The molecule has 140 valence electrons. The van der Waals surface area contributed by atoms with E-state index in [1.807, 2.05) is 6.08 Å². The van der Waals surface area contributed by atoms with Crippen molar-refractivity contribution in [1.29, 1.82) is 0 Å². The fourth-order valence-electron chi connectivity index (χ4n) is 2.47. The van der Waals surface area contributed by atoms with Gasteiger partial charge in [-0.25, -0.2) is 4.79 Å². The Hall–Kier alpha value is -1.97. The van der Waals surface area contributed by atoms with Crippen LogP contribution in [0.5, 0.6) is 11.5 Å². The van der Waals surface area contributed by atoms with Gasteiger partial charge in [-0.3, -0.25) is 0 Å². The Labute approximate surface area is 152 Å². The highest BCUT2D eigenvalue weighted by atomic mass is 16.5. The Morgan fingerprint density at radius 1 is 1.04 bits per heavy atom. The van der Waals surface area contributed by atoms with E-state index in [1.165, 1.54) is 39.2 Å². The van der Waals surface area contributed by atoms with E-state index in [4.69, 9.17) is 14.2 Å². The lowest BCUT2D eigenvalue weighted by atomic mass is 10.1. The number of benzene rings is 1. The van der Waals surface area contributed by atoms with Crippen LogP contribution in [0.15, 0.2) is 30.9 Å². The van der Waals surface area contributed by atoms with Gasteiger partial charge in [0.25, 0.3) is 0 Å². The molecule has 0 aliphatic heterocycles. The van der Waals surface area contributed by atoms with E-state index >= 15 is 0 Å². The van der Waals surface area contributed by atoms with Crippen molar-refractivity contribution in [2.45, 2.75) is 58.3 Å². The number of hydrogen-bond acceptors (Lipinski definition) is 4. The zero-order chi connectivity index (χ0) is 18.3. The smallest absolute Gasteiger partial charge is 0.341 e. The van der Waals surface area contributed by atoms with Crippen molar-refractivity contribution in [3.05, 3.63) is 36.4 Å². The second-order valence-corrected chi connectivity index (χ2v) is 6.05. The summed E-state index contributed by atoms with van der Waals surface area (Å²) in [5, 5.41) is 0. The molecule has 0 bridgehead atoms. The number of carbonyl (C=O) groups excluding carboxylic acids is 1. The summed E-state index contributed by atoms with van der Waals surface area (Å²) in [6.45, 7) is 7.12. The molecule has 4 heteroatoms. The topological polar surface area (TPSA) is 44.8 Å². The van der Waals surface area contributed by atoms with Crippen LogP contribution in [-0.4, -0.2) is 26.3 Å². The van der Waals surface area contributed by atoms with Crippen LogP contribution in [0.4, 0.5) is 0 Å². The summed E-state index contributed by atoms with van der Waals surface area (Å²) in [6, 6.07) is 5.27. The van der Waals surface area contributed by atoms with E-state index < -0.39 is 5.97 Å². The van der Waals surface area contributed by atoms with Crippen molar-refractivity contribution in [2.75, 3.05) is 20.3 Å². The van der Waals surface area contributed by atoms with Gasteiger partial charge < -0.3 is 14.2 Å². The first-order valence-electron chi connectivity index (χ1n) is 9.31. The Bertz CT molecular complexity index is 511. The normalized spacial score (nSPS) is 10.3. The minimum atomic E-state index is -0.402. The molecule has 0 radical (unpaired) electrons. The van der Waals surface area contributed by atoms with Crippen LogP contribution in [0.2, 0.25) is 0 Å². The number of allylic oxidation sites excluding steroid dienone is 1. The fourth-order valence-corrected chi connectivity index (χ4v) is 2.47. The van der Waals surface area contributed by atoms with Gasteiger partial charge in [0, 0.05) is 6.07 Å². The summed E-state index contributed by atoms with van der Waals surface area (Å²) in [4.78, 5) is 11.9. The molecule has 0 N–H and O–H groups in total. The van der Waals surface area contributed by atoms with E-state index in [-0.39, 0.29) is 0 Å². The van der Waals surface area contributed by atoms with Crippen molar-refractivity contribution in [2.24, 2.45) is 0 Å². The average molecular weight is 348 g/mol. The van der Waals surface area contributed by atoms with Crippen LogP contribution in [0.3, 0.4) is 0 Å². The van der Waals surface area contributed by atoms with Gasteiger partial charge in [-0.1, -0.05) is 45.1 Å². The van der Waals surface area contributed by atoms with Gasteiger partial charge >= 0.3 is 5.97 Å². The minimum absolute atomic E-state index is 0.402. The maximum absolute atomic E-state index is 11.9. The first-order valence-corrected chi connectivity index (χ1v) is 9.31. The first-order chi connectivity index (χ1) is 12.2. The third-order valence-corrected chi connectivity index (χ3v) is 3.94. The molecule has 0 fully saturated rings. The molecule has 4 nitrogen and oxygen atoms in total. The van der Waals surface area contributed by atoms with E-state index in [2.05, 4.69) is 13.5 Å². The van der Waals surface area contributed by atoms with E-state index in [0.29, 0.717) is 24.5 Å². The van der Waals surface area contributed by atoms with E-state index in [0.717, 1.165) is 25.0 Å². The van der Waals surface area contributed by atoms with Gasteiger partial charge in [-0.15, -0.1) is 6.58 Å². The van der Waals surface area contributed by atoms with Gasteiger partial charge in [0.15, 0.2) is 0 Å². The lowest BCUT2D eigenvalue weighted by Gasteiger charge is -2.13. The van der Waals surface area contributed by atoms with Crippen molar-refractivity contribution in [3.8, 4) is 11.5 Å². The zero-order valence-electron chi connectivity index (χ0n) is 15.7. The molecule has 0 aliphatic rings. The van der Waals surface area contributed by atoms with Gasteiger partial charge in [-0.2, -0.15) is 0 Å². The standard InChI is InChI=1S/C21H32O4/c1-4-6-8-9-10-12-15-24-18-13-14-19(21(22)23-3)20(17-18)25-16-11-7-5-2/h5,13-14,17H,2,4,6-12,15-16H2,1,3H3. The number of esters is 1. The van der Waals surface area contributed by atoms with Crippen LogP contribution in [-0.2, 0) is 4.74 Å². The Kier molecular flexibility index (Phi) is 11.2. The number of carbonyl (C=O) groups is 1. The number of methoxy groups -OCH3 is 1. The minimum Gasteiger partial charge on any atom is -0.493 e. The number of ether oxygens (including phenoxy) is 3. The van der Waals surface area contributed by atoms with Crippen molar-refractivity contribution in [1.82, 2.24) is 0 Å². The highest BCUT2D eigenvalue weighted by Gasteiger charge is 2.14. The van der Waals surface area contributed by atoms with Crippen molar-refractivity contribution >= 4 is 5.97 Å². The third-order valence-electron chi connectivity index (χ3n) is 3.94. The van der Waals surface area contributed by atoms with Crippen LogP contribution >= 0.6 is 0 Å². The van der Waals surface area contributed by atoms with Crippen molar-refractivity contribution < 1.29 is 19.0 Å². The van der Waals surface area contributed by atoms with Gasteiger partial charge in [-0.05, 0) is 31.4 Å². The van der Waals surface area contributed by atoms with Crippen molar-refractivity contribution in [3.63, 3.8) is 0 Å². The molecule has 1 rings (SSSR count). The molecular weight excluding hydrogens is 316 g/mol. The summed E-state index contributed by atoms with van der Waals surface area (Å²) in [7, 11) is 1.37. The molecular formula is C21H32O4. The first kappa shape index (κ1) is 21.1. The molecule has 0 unspecified atom stereocenters. The quantitative estimate of drug-likeness (QED) is 0.251. The molecule has 0 saturated heterocycles. The Balaban J connectivity index is 2.53. The molecule has 0 spiro atoms. The summed E-state index contributed by atoms with van der Waals surface area (Å²) in [5.41, 5.74) is 0.424. The average Bonchev–Trinajstić information content (AvgIpc) is 2.64. The Morgan fingerprint density at radius 3 is 2.48 bits per heavy atom. The van der Waals surface area contributed by atoms with Crippen LogP contribution in [0.1, 0.15) is 68.6 Å². The summed E-state index contributed by atoms with van der Waals surface area (Å²) in [5.74, 6) is 0.831. The second-order valence-electron chi connectivity index (χ2n) is 6.05. The lowest BCUT2D eigenvalue weighted by molar-refractivity contribution is 0.0596. The van der Waals surface area contributed by atoms with Gasteiger partial charge in [0.1, 0.15) is 17.1 Å². The molecule has 0 heterocycles. The van der Waals surface area contributed by atoms with E-state index in [1.54, 1.807) is 18.2 Å². The molecule has 0 saturated carbocycles. The number of hydrogen-bond donors (Lipinski definition) is 0. The maximum Gasteiger partial charge on any atom is 0.341 e. The van der Waals surface area contributed by atoms with Crippen LogP contribution < -0.4 is 9.47 Å². The Morgan fingerprint density at radius 2 is 1.76 bits per heavy atom. The highest BCUT2D eigenvalue weighted by Crippen LogP contribution is 2.26. The third kappa shape index (κ3) is 8.62. The highest BCUT2D eigenvalue weighted by molar-refractivity contribution is 5.92. The molecule has 1 aromatic rings. The predicted octanol–water partition coefficient (Wildman–Crippen LogP) is 5.56. The summed E-state index contributed by atoms with van der Waals surface area (Å²) >= 11 is 0. The van der Waals surface area contributed by atoms with Crippen LogP contribution in [0.25, 0.3) is 0 Å². The SMILES string of the molecule is C=CCCCOc1cc(OCCCCCCCC)ccc1C(=O)OC. The molecule has 0 aliphatic carbocycles. The monoisotopic (exact) mass is 348 g/mol. The molecule has 0 atom stereocenters. The molecule has 25 heavy (non-hydrogen) atoms. The summed E-state index contributed by atoms with van der Waals surface area (Å²) in [6.07, 6.45) is 10.9.